The lowest BCUT2D eigenvalue weighted by Gasteiger charge is -2.09. The first-order valence-corrected chi connectivity index (χ1v) is 9.27. The van der Waals surface area contributed by atoms with E-state index in [9.17, 15) is 9.59 Å². The number of carbonyl (C=O) groups is 2. The molecule has 3 rings (SSSR count). The molecule has 9 nitrogen and oxygen atoms in total. The van der Waals surface area contributed by atoms with Gasteiger partial charge in [-0.05, 0) is 25.1 Å². The van der Waals surface area contributed by atoms with Gasteiger partial charge in [0.2, 0.25) is 0 Å². The molecule has 0 aliphatic carbocycles. The van der Waals surface area contributed by atoms with E-state index in [1.165, 1.54) is 25.6 Å². The fourth-order valence-electron chi connectivity index (χ4n) is 2.79. The maximum atomic E-state index is 12.7. The Morgan fingerprint density at radius 1 is 1.14 bits per heavy atom. The van der Waals surface area contributed by atoms with Crippen LogP contribution < -0.4 is 14.3 Å². The van der Waals surface area contributed by atoms with Crippen molar-refractivity contribution in [3.8, 4) is 11.5 Å². The highest BCUT2D eigenvalue weighted by molar-refractivity contribution is 7.16. The highest BCUT2D eigenvalue weighted by atomic mass is 32.1. The van der Waals surface area contributed by atoms with Crippen molar-refractivity contribution in [2.75, 3.05) is 21.3 Å². The Labute approximate surface area is 164 Å². The zero-order valence-electron chi connectivity index (χ0n) is 16.0. The fraction of sp³-hybridized carbons (Fsp3) is 0.333. The minimum Gasteiger partial charge on any atom is -0.495 e. The average Bonchev–Trinajstić information content (AvgIpc) is 3.32. The van der Waals surface area contributed by atoms with Crippen LogP contribution >= 0.6 is 11.3 Å². The average molecular weight is 404 g/mol. The van der Waals surface area contributed by atoms with Gasteiger partial charge < -0.3 is 18.8 Å². The molecule has 2 heterocycles. The van der Waals surface area contributed by atoms with Crippen molar-refractivity contribution in [2.24, 2.45) is 4.99 Å². The standard InChI is InChI=1S/C18H20N4O5S/c1-5-22-11(8-9-19-22)17(24)20-18-21(10-14(23)27-4)15-12(25-2)6-7-13(26-3)16(15)28-18/h6-9H,5,10H2,1-4H3. The topological polar surface area (TPSA) is 96.9 Å². The Morgan fingerprint density at radius 2 is 1.86 bits per heavy atom. The van der Waals surface area contributed by atoms with Gasteiger partial charge in [-0.15, -0.1) is 0 Å². The number of hydrogen-bond acceptors (Lipinski definition) is 7. The molecule has 2 aromatic heterocycles. The summed E-state index contributed by atoms with van der Waals surface area (Å²) in [5, 5.41) is 4.10. The predicted molar refractivity (Wildman–Crippen MR) is 103 cm³/mol. The minimum absolute atomic E-state index is 0.126. The van der Waals surface area contributed by atoms with Crippen LogP contribution in [-0.2, 0) is 22.6 Å². The third-order valence-electron chi connectivity index (χ3n) is 4.14. The van der Waals surface area contributed by atoms with Crippen LogP contribution in [0.5, 0.6) is 11.5 Å². The first-order chi connectivity index (χ1) is 13.5. The molecule has 1 aromatic carbocycles. The van der Waals surface area contributed by atoms with Gasteiger partial charge in [-0.3, -0.25) is 14.3 Å². The smallest absolute Gasteiger partial charge is 0.325 e. The second-order valence-electron chi connectivity index (χ2n) is 5.64. The molecule has 28 heavy (non-hydrogen) atoms. The molecule has 0 unspecified atom stereocenters. The van der Waals surface area contributed by atoms with Crippen LogP contribution in [0.2, 0.25) is 0 Å². The van der Waals surface area contributed by atoms with Crippen molar-refractivity contribution in [2.45, 2.75) is 20.0 Å². The van der Waals surface area contributed by atoms with Crippen molar-refractivity contribution >= 4 is 33.4 Å². The third-order valence-corrected chi connectivity index (χ3v) is 5.23. The van der Waals surface area contributed by atoms with Crippen LogP contribution in [0.3, 0.4) is 0 Å². The number of esters is 1. The quantitative estimate of drug-likeness (QED) is 0.582. The summed E-state index contributed by atoms with van der Waals surface area (Å²) >= 11 is 1.23. The number of aryl methyl sites for hydroxylation is 1. The van der Waals surface area contributed by atoms with E-state index in [1.54, 1.807) is 40.8 Å². The van der Waals surface area contributed by atoms with Crippen LogP contribution in [0.25, 0.3) is 10.2 Å². The molecule has 0 radical (unpaired) electrons. The zero-order chi connectivity index (χ0) is 20.3. The lowest BCUT2D eigenvalue weighted by molar-refractivity contribution is -0.141. The van der Waals surface area contributed by atoms with E-state index >= 15 is 0 Å². The summed E-state index contributed by atoms with van der Waals surface area (Å²) in [5.74, 6) is 0.190. The summed E-state index contributed by atoms with van der Waals surface area (Å²) in [6.07, 6.45) is 1.55. The van der Waals surface area contributed by atoms with Crippen molar-refractivity contribution in [1.82, 2.24) is 14.3 Å². The second kappa shape index (κ2) is 8.26. The fourth-order valence-corrected chi connectivity index (χ4v) is 3.93. The Hall–Kier alpha value is -3.14. The first kappa shape index (κ1) is 19.6. The van der Waals surface area contributed by atoms with E-state index in [0.717, 1.165) is 0 Å². The number of nitrogens with zero attached hydrogens (tertiary/aromatic N) is 4. The molecule has 0 N–H and O–H groups in total. The predicted octanol–water partition coefficient (Wildman–Crippen LogP) is 1.85. The Balaban J connectivity index is 2.27. The van der Waals surface area contributed by atoms with Gasteiger partial charge in [-0.2, -0.15) is 10.1 Å². The van der Waals surface area contributed by atoms with E-state index in [-0.39, 0.29) is 6.54 Å². The Bertz CT molecular complexity index is 1100. The number of carbonyl (C=O) groups excluding carboxylic acids is 2. The van der Waals surface area contributed by atoms with Gasteiger partial charge >= 0.3 is 5.97 Å². The summed E-state index contributed by atoms with van der Waals surface area (Å²) in [6.45, 7) is 2.30. The molecule has 0 aliphatic heterocycles. The van der Waals surface area contributed by atoms with E-state index in [0.29, 0.717) is 38.8 Å². The number of aromatic nitrogens is 3. The molecular weight excluding hydrogens is 384 g/mol. The van der Waals surface area contributed by atoms with E-state index in [1.807, 2.05) is 6.92 Å². The van der Waals surface area contributed by atoms with Crippen LogP contribution in [0, 0.1) is 0 Å². The molecule has 0 aliphatic rings. The van der Waals surface area contributed by atoms with Gasteiger partial charge in [-0.1, -0.05) is 11.3 Å². The van der Waals surface area contributed by atoms with Crippen molar-refractivity contribution in [1.29, 1.82) is 0 Å². The lowest BCUT2D eigenvalue weighted by Crippen LogP contribution is -2.23. The van der Waals surface area contributed by atoms with Crippen molar-refractivity contribution in [3.63, 3.8) is 0 Å². The lowest BCUT2D eigenvalue weighted by atomic mass is 10.3. The van der Waals surface area contributed by atoms with E-state index in [4.69, 9.17) is 14.2 Å². The summed E-state index contributed by atoms with van der Waals surface area (Å²) < 4.78 is 19.5. The number of benzene rings is 1. The van der Waals surface area contributed by atoms with E-state index in [2.05, 4.69) is 10.1 Å². The molecule has 1 amide bonds. The number of hydrogen-bond donors (Lipinski definition) is 0. The molecule has 0 fully saturated rings. The van der Waals surface area contributed by atoms with Crippen molar-refractivity contribution < 1.29 is 23.8 Å². The van der Waals surface area contributed by atoms with Crippen LogP contribution in [0.15, 0.2) is 29.4 Å². The SMILES string of the molecule is CCn1nccc1C(=O)N=c1sc2c(OC)ccc(OC)c2n1CC(=O)OC. The molecular formula is C18H20N4O5S. The maximum Gasteiger partial charge on any atom is 0.325 e. The van der Waals surface area contributed by atoms with Gasteiger partial charge in [-0.25, -0.2) is 0 Å². The molecule has 0 saturated carbocycles. The highest BCUT2D eigenvalue weighted by Crippen LogP contribution is 2.35. The highest BCUT2D eigenvalue weighted by Gasteiger charge is 2.19. The zero-order valence-corrected chi connectivity index (χ0v) is 16.8. The molecule has 10 heteroatoms. The van der Waals surface area contributed by atoms with Gasteiger partial charge in [0.1, 0.15) is 34.0 Å². The molecule has 3 aromatic rings. The van der Waals surface area contributed by atoms with Crippen molar-refractivity contribution in [3.05, 3.63) is 34.9 Å². The number of thiazole rings is 1. The van der Waals surface area contributed by atoms with Gasteiger partial charge in [0, 0.05) is 12.7 Å². The second-order valence-corrected chi connectivity index (χ2v) is 6.62. The summed E-state index contributed by atoms with van der Waals surface area (Å²) in [5.41, 5.74) is 0.969. The summed E-state index contributed by atoms with van der Waals surface area (Å²) in [6, 6.07) is 5.10. The van der Waals surface area contributed by atoms with Crippen LogP contribution in [0.1, 0.15) is 17.4 Å². The van der Waals surface area contributed by atoms with Gasteiger partial charge in [0.15, 0.2) is 4.80 Å². The molecule has 148 valence electrons. The van der Waals surface area contributed by atoms with Gasteiger partial charge in [0.05, 0.1) is 21.3 Å². The number of fused-ring (bicyclic) bond motifs is 1. The molecule has 0 atom stereocenters. The van der Waals surface area contributed by atoms with Crippen LogP contribution in [-0.4, -0.2) is 47.6 Å². The molecule has 0 spiro atoms. The number of rotatable bonds is 6. The monoisotopic (exact) mass is 404 g/mol. The van der Waals surface area contributed by atoms with Crippen LogP contribution in [0.4, 0.5) is 0 Å². The Kier molecular flexibility index (Phi) is 5.78. The van der Waals surface area contributed by atoms with Gasteiger partial charge in [0.25, 0.3) is 5.91 Å². The first-order valence-electron chi connectivity index (χ1n) is 8.46. The number of amides is 1. The normalized spacial score (nSPS) is 11.6. The third kappa shape index (κ3) is 3.50. The minimum atomic E-state index is -0.475. The summed E-state index contributed by atoms with van der Waals surface area (Å²) in [4.78, 5) is 29.3. The maximum absolute atomic E-state index is 12.7. The molecule has 0 saturated heterocycles. The largest absolute Gasteiger partial charge is 0.495 e. The van der Waals surface area contributed by atoms with E-state index < -0.39 is 11.9 Å². The number of methoxy groups -OCH3 is 3. The summed E-state index contributed by atoms with van der Waals surface area (Å²) in [7, 11) is 4.38. The Morgan fingerprint density at radius 3 is 2.50 bits per heavy atom. The molecule has 0 bridgehead atoms. The number of ether oxygens (including phenoxy) is 3.